The van der Waals surface area contributed by atoms with Crippen LogP contribution in [0.15, 0.2) is 30.3 Å². The molecule has 0 radical (unpaired) electrons. The van der Waals surface area contributed by atoms with Gasteiger partial charge in [-0.3, -0.25) is 0 Å². The topological polar surface area (TPSA) is 43.6 Å². The van der Waals surface area contributed by atoms with Gasteiger partial charge < -0.3 is 0 Å². The van der Waals surface area contributed by atoms with E-state index >= 15 is 0 Å². The average Bonchev–Trinajstić information content (AvgIpc) is 2.67. The summed E-state index contributed by atoms with van der Waals surface area (Å²) in [6, 6.07) is 9.89. The molecule has 1 aromatic carbocycles. The first-order valence-electron chi connectivity index (χ1n) is 4.17. The van der Waals surface area contributed by atoms with Crippen LogP contribution in [0.4, 0.5) is 0 Å². The molecular formula is C10H8N4. The Labute approximate surface area is 81.6 Å². The number of nitrogens with zero attached hydrogens (tertiary/aromatic N) is 4. The average molecular weight is 184 g/mol. The molecule has 0 aliphatic rings. The minimum Gasteiger partial charge on any atom is -0.159 e. The SMILES string of the molecule is C#Cc1nnn(Cc2ccccc2)n1. The predicted molar refractivity (Wildman–Crippen MR) is 51.3 cm³/mol. The van der Waals surface area contributed by atoms with Crippen molar-refractivity contribution in [3.63, 3.8) is 0 Å². The predicted octanol–water partition coefficient (Wildman–Crippen LogP) is 0.703. The second-order valence-corrected chi connectivity index (χ2v) is 2.77. The van der Waals surface area contributed by atoms with Crippen molar-refractivity contribution in [3.05, 3.63) is 41.7 Å². The van der Waals surface area contributed by atoms with Crippen LogP contribution in [-0.4, -0.2) is 20.2 Å². The molecule has 0 atom stereocenters. The number of hydrogen-bond donors (Lipinski definition) is 0. The molecule has 0 saturated carbocycles. The highest BCUT2D eigenvalue weighted by Crippen LogP contribution is 1.99. The van der Waals surface area contributed by atoms with Crippen LogP contribution in [0.2, 0.25) is 0 Å². The second-order valence-electron chi connectivity index (χ2n) is 2.77. The van der Waals surface area contributed by atoms with Crippen LogP contribution in [0.5, 0.6) is 0 Å². The molecule has 68 valence electrons. The summed E-state index contributed by atoms with van der Waals surface area (Å²) < 4.78 is 0. The highest BCUT2D eigenvalue weighted by molar-refractivity contribution is 5.15. The molecule has 1 heterocycles. The molecule has 0 N–H and O–H groups in total. The molecule has 1 aromatic heterocycles. The molecule has 0 bridgehead atoms. The minimum absolute atomic E-state index is 0.320. The lowest BCUT2D eigenvalue weighted by molar-refractivity contribution is 0.572. The normalized spacial score (nSPS) is 9.64. The Morgan fingerprint density at radius 1 is 1.29 bits per heavy atom. The van der Waals surface area contributed by atoms with Crippen LogP contribution in [-0.2, 0) is 6.54 Å². The first-order valence-corrected chi connectivity index (χ1v) is 4.17. The van der Waals surface area contributed by atoms with Crippen molar-refractivity contribution in [3.8, 4) is 12.3 Å². The maximum Gasteiger partial charge on any atom is 0.247 e. The number of hydrogen-bond acceptors (Lipinski definition) is 3. The van der Waals surface area contributed by atoms with E-state index in [1.807, 2.05) is 30.3 Å². The van der Waals surface area contributed by atoms with E-state index in [0.29, 0.717) is 12.4 Å². The first-order chi connectivity index (χ1) is 6.88. The third kappa shape index (κ3) is 1.77. The van der Waals surface area contributed by atoms with Gasteiger partial charge in [0.15, 0.2) is 0 Å². The Morgan fingerprint density at radius 2 is 2.07 bits per heavy atom. The van der Waals surface area contributed by atoms with Crippen molar-refractivity contribution in [1.82, 2.24) is 20.2 Å². The molecule has 2 rings (SSSR count). The Morgan fingerprint density at radius 3 is 2.71 bits per heavy atom. The smallest absolute Gasteiger partial charge is 0.159 e. The second kappa shape index (κ2) is 3.71. The van der Waals surface area contributed by atoms with Crippen LogP contribution in [0.3, 0.4) is 0 Å². The van der Waals surface area contributed by atoms with Crippen molar-refractivity contribution >= 4 is 0 Å². The Hall–Kier alpha value is -2.15. The summed E-state index contributed by atoms with van der Waals surface area (Å²) in [6.07, 6.45) is 5.13. The molecule has 4 nitrogen and oxygen atoms in total. The third-order valence-corrected chi connectivity index (χ3v) is 1.75. The number of benzene rings is 1. The minimum atomic E-state index is 0.320. The summed E-state index contributed by atoms with van der Waals surface area (Å²) in [5.74, 6) is 2.65. The Bertz CT molecular complexity index is 452. The van der Waals surface area contributed by atoms with Gasteiger partial charge in [-0.25, -0.2) is 0 Å². The van der Waals surface area contributed by atoms with Crippen LogP contribution >= 0.6 is 0 Å². The van der Waals surface area contributed by atoms with Gasteiger partial charge in [-0.15, -0.1) is 11.5 Å². The largest absolute Gasteiger partial charge is 0.247 e. The number of tetrazole rings is 1. The molecule has 0 aliphatic heterocycles. The van der Waals surface area contributed by atoms with Crippen molar-refractivity contribution in [2.45, 2.75) is 6.54 Å². The zero-order valence-electron chi connectivity index (χ0n) is 7.46. The van der Waals surface area contributed by atoms with E-state index in [0.717, 1.165) is 5.56 Å². The van der Waals surface area contributed by atoms with E-state index < -0.39 is 0 Å². The van der Waals surface area contributed by atoms with Crippen LogP contribution in [0, 0.1) is 12.3 Å². The van der Waals surface area contributed by atoms with Gasteiger partial charge >= 0.3 is 0 Å². The molecular weight excluding hydrogens is 176 g/mol. The highest BCUT2D eigenvalue weighted by atomic mass is 15.6. The summed E-state index contributed by atoms with van der Waals surface area (Å²) in [4.78, 5) is 1.48. The quantitative estimate of drug-likeness (QED) is 0.645. The first kappa shape index (κ1) is 8.45. The summed E-state index contributed by atoms with van der Waals surface area (Å²) in [6.45, 7) is 0.593. The molecule has 4 heteroatoms. The Kier molecular flexibility index (Phi) is 2.24. The molecule has 14 heavy (non-hydrogen) atoms. The van der Waals surface area contributed by atoms with E-state index in [4.69, 9.17) is 6.42 Å². The van der Waals surface area contributed by atoms with E-state index in [1.165, 1.54) is 4.80 Å². The molecule has 0 amide bonds. The summed E-state index contributed by atoms with van der Waals surface area (Å²) in [7, 11) is 0. The van der Waals surface area contributed by atoms with Gasteiger partial charge in [0.2, 0.25) is 5.82 Å². The van der Waals surface area contributed by atoms with E-state index in [1.54, 1.807) is 0 Å². The maximum atomic E-state index is 5.13. The van der Waals surface area contributed by atoms with Gasteiger partial charge in [0, 0.05) is 0 Å². The van der Waals surface area contributed by atoms with E-state index in [9.17, 15) is 0 Å². The lowest BCUT2D eigenvalue weighted by atomic mass is 10.2. The van der Waals surface area contributed by atoms with Crippen molar-refractivity contribution in [1.29, 1.82) is 0 Å². The molecule has 2 aromatic rings. The van der Waals surface area contributed by atoms with Crippen molar-refractivity contribution < 1.29 is 0 Å². The van der Waals surface area contributed by atoms with Crippen molar-refractivity contribution in [2.24, 2.45) is 0 Å². The number of terminal acetylenes is 1. The lowest BCUT2D eigenvalue weighted by Gasteiger charge is -1.97. The highest BCUT2D eigenvalue weighted by Gasteiger charge is 1.99. The third-order valence-electron chi connectivity index (χ3n) is 1.75. The van der Waals surface area contributed by atoms with Gasteiger partial charge in [-0.2, -0.15) is 4.80 Å². The lowest BCUT2D eigenvalue weighted by Crippen LogP contribution is -2.03. The zero-order chi connectivity index (χ0) is 9.80. The van der Waals surface area contributed by atoms with Crippen LogP contribution in [0.25, 0.3) is 0 Å². The monoisotopic (exact) mass is 184 g/mol. The van der Waals surface area contributed by atoms with E-state index in [2.05, 4.69) is 21.3 Å². The van der Waals surface area contributed by atoms with Gasteiger partial charge in [0.25, 0.3) is 0 Å². The van der Waals surface area contributed by atoms with Crippen LogP contribution < -0.4 is 0 Å². The fourth-order valence-electron chi connectivity index (χ4n) is 1.11. The molecule has 0 spiro atoms. The maximum absolute atomic E-state index is 5.13. The van der Waals surface area contributed by atoms with Gasteiger partial charge in [-0.1, -0.05) is 35.4 Å². The van der Waals surface area contributed by atoms with E-state index in [-0.39, 0.29) is 0 Å². The van der Waals surface area contributed by atoms with Crippen molar-refractivity contribution in [2.75, 3.05) is 0 Å². The number of rotatable bonds is 2. The summed E-state index contributed by atoms with van der Waals surface area (Å²) in [5.41, 5.74) is 1.12. The van der Waals surface area contributed by atoms with Gasteiger partial charge in [0.05, 0.1) is 6.54 Å². The van der Waals surface area contributed by atoms with Gasteiger partial charge in [0.1, 0.15) is 0 Å². The van der Waals surface area contributed by atoms with Gasteiger partial charge in [-0.05, 0) is 16.7 Å². The standard InChI is InChI=1S/C10H8N4/c1-2-10-11-13-14(12-10)8-9-6-4-3-5-7-9/h1,3-7H,8H2. The molecule has 0 fully saturated rings. The Balaban J connectivity index is 2.16. The summed E-state index contributed by atoms with van der Waals surface area (Å²) >= 11 is 0. The van der Waals surface area contributed by atoms with Crippen LogP contribution in [0.1, 0.15) is 11.4 Å². The zero-order valence-corrected chi connectivity index (χ0v) is 7.46. The fraction of sp³-hybridized carbons (Fsp3) is 0.100. The molecule has 0 unspecified atom stereocenters. The fourth-order valence-corrected chi connectivity index (χ4v) is 1.11. The number of aromatic nitrogens is 4. The summed E-state index contributed by atoms with van der Waals surface area (Å²) in [5, 5.41) is 11.5. The molecule has 0 aliphatic carbocycles. The molecule has 0 saturated heterocycles.